The number of nitrogens with zero attached hydrogens (tertiary/aromatic N) is 1. The lowest BCUT2D eigenvalue weighted by Crippen LogP contribution is -2.54. The molecule has 0 aliphatic carbocycles. The van der Waals surface area contributed by atoms with Crippen molar-refractivity contribution in [3.8, 4) is 11.1 Å². The third-order valence-corrected chi connectivity index (χ3v) is 7.20. The average molecular weight is 505 g/mol. The van der Waals surface area contributed by atoms with Crippen LogP contribution in [0, 0.1) is 40.7 Å². The molecule has 0 radical (unpaired) electrons. The topological polar surface area (TPSA) is 3.24 Å². The molecule has 0 spiro atoms. The predicted molar refractivity (Wildman–Crippen MR) is 128 cm³/mol. The molecular formula is C28H11BF7N. The van der Waals surface area contributed by atoms with Gasteiger partial charge in [-0.3, -0.25) is 0 Å². The lowest BCUT2D eigenvalue weighted by Gasteiger charge is -2.36. The molecule has 2 aliphatic rings. The van der Waals surface area contributed by atoms with Crippen LogP contribution >= 0.6 is 0 Å². The summed E-state index contributed by atoms with van der Waals surface area (Å²) < 4.78 is 104. The normalized spacial score (nSPS) is 13.2. The summed E-state index contributed by atoms with van der Waals surface area (Å²) in [6.07, 6.45) is 0. The quantitative estimate of drug-likeness (QED) is 0.113. The van der Waals surface area contributed by atoms with Crippen molar-refractivity contribution in [2.45, 2.75) is 0 Å². The van der Waals surface area contributed by atoms with Crippen molar-refractivity contribution in [1.82, 2.24) is 0 Å². The number of anilines is 3. The summed E-state index contributed by atoms with van der Waals surface area (Å²) in [5.74, 6) is -14.9. The molecular weight excluding hydrogens is 494 g/mol. The summed E-state index contributed by atoms with van der Waals surface area (Å²) in [4.78, 5) is 1.12. The first-order valence-corrected chi connectivity index (χ1v) is 11.3. The van der Waals surface area contributed by atoms with Gasteiger partial charge in [0.15, 0.2) is 40.7 Å². The van der Waals surface area contributed by atoms with Crippen LogP contribution in [0.15, 0.2) is 66.7 Å². The second-order valence-electron chi connectivity index (χ2n) is 8.95. The second-order valence-corrected chi connectivity index (χ2v) is 8.95. The molecule has 2 heterocycles. The minimum Gasteiger partial charge on any atom is -0.308 e. The Morgan fingerprint density at radius 1 is 0.459 bits per heavy atom. The van der Waals surface area contributed by atoms with E-state index in [1.165, 1.54) is 0 Å². The molecule has 0 aromatic heterocycles. The molecule has 0 amide bonds. The number of rotatable bonds is 1. The van der Waals surface area contributed by atoms with Crippen LogP contribution < -0.4 is 21.3 Å². The highest BCUT2D eigenvalue weighted by molar-refractivity contribution is 7.01. The van der Waals surface area contributed by atoms with Gasteiger partial charge < -0.3 is 4.90 Å². The van der Waals surface area contributed by atoms with Crippen LogP contribution in [-0.4, -0.2) is 6.71 Å². The van der Waals surface area contributed by atoms with Crippen molar-refractivity contribution < 1.29 is 30.7 Å². The van der Waals surface area contributed by atoms with Gasteiger partial charge in [0.1, 0.15) is 0 Å². The zero-order valence-electron chi connectivity index (χ0n) is 18.5. The van der Waals surface area contributed by atoms with Crippen LogP contribution in [-0.2, 0) is 0 Å². The Bertz CT molecular complexity index is 1830. The second kappa shape index (κ2) is 7.38. The van der Waals surface area contributed by atoms with E-state index in [1.54, 1.807) is 36.4 Å². The third kappa shape index (κ3) is 2.61. The SMILES string of the molecule is Fc1c(F)c(F)c2c(N3c4ccccc4B4c5ccccc5-c5cccc3c54)c(F)c(F)c(F)c2c1F. The largest absolute Gasteiger partial charge is 0.308 e. The predicted octanol–water partition coefficient (Wildman–Crippen LogP) is 6.09. The van der Waals surface area contributed by atoms with Gasteiger partial charge in [-0.25, -0.2) is 30.7 Å². The Labute approximate surface area is 205 Å². The van der Waals surface area contributed by atoms with E-state index in [4.69, 9.17) is 0 Å². The number of fused-ring (bicyclic) bond motifs is 6. The van der Waals surface area contributed by atoms with E-state index in [0.717, 1.165) is 21.5 Å². The molecule has 5 aromatic carbocycles. The molecule has 0 atom stereocenters. The van der Waals surface area contributed by atoms with Gasteiger partial charge in [0.05, 0.1) is 16.5 Å². The summed E-state index contributed by atoms with van der Waals surface area (Å²) in [6.45, 7) is -0.315. The third-order valence-electron chi connectivity index (χ3n) is 7.20. The molecule has 37 heavy (non-hydrogen) atoms. The van der Waals surface area contributed by atoms with Gasteiger partial charge in [0, 0.05) is 11.4 Å². The molecule has 0 bridgehead atoms. The Hall–Kier alpha value is -4.27. The highest BCUT2D eigenvalue weighted by Crippen LogP contribution is 2.47. The van der Waals surface area contributed by atoms with E-state index in [1.807, 2.05) is 30.3 Å². The fourth-order valence-electron chi connectivity index (χ4n) is 5.75. The Morgan fingerprint density at radius 2 is 1.00 bits per heavy atom. The molecule has 0 N–H and O–H groups in total. The lowest BCUT2D eigenvalue weighted by molar-refractivity contribution is 0.411. The zero-order valence-corrected chi connectivity index (χ0v) is 18.5. The van der Waals surface area contributed by atoms with Gasteiger partial charge in [-0.15, -0.1) is 0 Å². The maximum Gasteiger partial charge on any atom is 0.248 e. The Kier molecular flexibility index (Phi) is 4.38. The first-order chi connectivity index (χ1) is 17.8. The summed E-state index contributed by atoms with van der Waals surface area (Å²) in [7, 11) is 0. The van der Waals surface area contributed by atoms with Crippen molar-refractivity contribution in [2.24, 2.45) is 0 Å². The number of hydrogen-bond donors (Lipinski definition) is 0. The summed E-state index contributed by atoms with van der Waals surface area (Å²) >= 11 is 0. The fraction of sp³-hybridized carbons (Fsp3) is 0. The molecule has 0 saturated carbocycles. The van der Waals surface area contributed by atoms with E-state index in [0.29, 0.717) is 10.9 Å². The molecule has 180 valence electrons. The van der Waals surface area contributed by atoms with E-state index in [9.17, 15) is 22.0 Å². The highest BCUT2D eigenvalue weighted by Gasteiger charge is 2.44. The van der Waals surface area contributed by atoms with Crippen LogP contribution in [0.4, 0.5) is 47.8 Å². The summed E-state index contributed by atoms with van der Waals surface area (Å²) in [5.41, 5.74) is 3.56. The molecule has 0 saturated heterocycles. The van der Waals surface area contributed by atoms with Crippen molar-refractivity contribution in [3.63, 3.8) is 0 Å². The van der Waals surface area contributed by atoms with E-state index < -0.39 is 57.2 Å². The molecule has 0 unspecified atom stereocenters. The van der Waals surface area contributed by atoms with Crippen LogP contribution in [0.2, 0.25) is 0 Å². The molecule has 2 aliphatic heterocycles. The van der Waals surface area contributed by atoms with Crippen molar-refractivity contribution in [2.75, 3.05) is 4.90 Å². The van der Waals surface area contributed by atoms with Crippen LogP contribution in [0.5, 0.6) is 0 Å². The Morgan fingerprint density at radius 3 is 1.73 bits per heavy atom. The maximum absolute atomic E-state index is 15.6. The van der Waals surface area contributed by atoms with Crippen molar-refractivity contribution >= 4 is 50.9 Å². The van der Waals surface area contributed by atoms with E-state index in [-0.39, 0.29) is 18.1 Å². The molecule has 7 rings (SSSR count). The number of benzene rings is 5. The average Bonchev–Trinajstić information content (AvgIpc) is 3.26. The fourth-order valence-corrected chi connectivity index (χ4v) is 5.75. The van der Waals surface area contributed by atoms with Crippen LogP contribution in [0.25, 0.3) is 21.9 Å². The molecule has 1 nitrogen and oxygen atoms in total. The van der Waals surface area contributed by atoms with Crippen LogP contribution in [0.3, 0.4) is 0 Å². The smallest absolute Gasteiger partial charge is 0.248 e. The van der Waals surface area contributed by atoms with E-state index in [2.05, 4.69) is 0 Å². The Balaban J connectivity index is 1.67. The maximum atomic E-state index is 15.6. The highest BCUT2D eigenvalue weighted by atomic mass is 19.2. The van der Waals surface area contributed by atoms with Gasteiger partial charge in [-0.05, 0) is 34.2 Å². The van der Waals surface area contributed by atoms with Gasteiger partial charge in [0.25, 0.3) is 0 Å². The number of halogens is 7. The minimum atomic E-state index is -2.32. The molecule has 9 heteroatoms. The standard InChI is InChI=1S/C28H11BF7N/c30-21-18-19(23(32)25(34)24(21)33)28(27(36)26(35)22(18)31)37-16-10-4-3-9-15(16)29-14-8-2-1-6-12(14)13-7-5-11-17(37)20(13)29/h1-11H. The number of hydrogen-bond acceptors (Lipinski definition) is 1. The van der Waals surface area contributed by atoms with Gasteiger partial charge >= 0.3 is 0 Å². The lowest BCUT2D eigenvalue weighted by atomic mass is 9.37. The minimum absolute atomic E-state index is 0.268. The molecule has 5 aromatic rings. The first-order valence-electron chi connectivity index (χ1n) is 11.3. The molecule has 0 fully saturated rings. The van der Waals surface area contributed by atoms with Crippen molar-refractivity contribution in [3.05, 3.63) is 107 Å². The van der Waals surface area contributed by atoms with Gasteiger partial charge in [-0.1, -0.05) is 60.1 Å². The summed E-state index contributed by atoms with van der Waals surface area (Å²) in [6, 6.07) is 19.3. The first kappa shape index (κ1) is 22.0. The van der Waals surface area contributed by atoms with Gasteiger partial charge in [-0.2, -0.15) is 0 Å². The van der Waals surface area contributed by atoms with E-state index >= 15 is 8.78 Å². The monoisotopic (exact) mass is 505 g/mol. The summed E-state index contributed by atoms with van der Waals surface area (Å²) in [5, 5.41) is -2.75. The number of para-hydroxylation sites is 1. The van der Waals surface area contributed by atoms with Crippen molar-refractivity contribution in [1.29, 1.82) is 0 Å². The van der Waals surface area contributed by atoms with Crippen LogP contribution in [0.1, 0.15) is 0 Å². The zero-order chi connectivity index (χ0) is 25.7. The van der Waals surface area contributed by atoms with Gasteiger partial charge in [0.2, 0.25) is 6.71 Å².